The van der Waals surface area contributed by atoms with E-state index < -0.39 is 11.2 Å². The number of para-hydroxylation sites is 1. The molecule has 0 spiro atoms. The van der Waals surface area contributed by atoms with Crippen LogP contribution in [0.3, 0.4) is 0 Å². The van der Waals surface area contributed by atoms with Gasteiger partial charge in [0.05, 0.1) is 11.6 Å². The number of ether oxygens (including phenoxy) is 1. The number of nitrogens with zero attached hydrogens (tertiary/aromatic N) is 3. The molecule has 1 unspecified atom stereocenters. The third kappa shape index (κ3) is 5.79. The number of amides is 2. The number of carbonyl (C=O) groups is 2. The van der Waals surface area contributed by atoms with Crippen LogP contribution in [-0.4, -0.2) is 45.5 Å². The standard InChI is InChI=1S/C24H30N4O5/c1-4-19(25-21(29)12-11-17-15-26(2)24(32)27(3)23(17)31)18-9-5-6-10-20(18)33-16-22(30)28-13-7-8-14-28/h5-6,9-12,15,19H,4,7-8,13-14,16H2,1-3H3,(H,25,29). The average Bonchev–Trinajstić information content (AvgIpc) is 3.36. The normalized spacial score (nSPS) is 14.5. The molecule has 1 aromatic heterocycles. The van der Waals surface area contributed by atoms with Crippen LogP contribution < -0.4 is 21.3 Å². The smallest absolute Gasteiger partial charge is 0.330 e. The van der Waals surface area contributed by atoms with Crippen LogP contribution in [0.4, 0.5) is 0 Å². The highest BCUT2D eigenvalue weighted by Gasteiger charge is 2.20. The molecular formula is C24H30N4O5. The zero-order valence-corrected chi connectivity index (χ0v) is 19.2. The molecule has 1 aliphatic heterocycles. The Morgan fingerprint density at radius 1 is 1.15 bits per heavy atom. The molecule has 1 atom stereocenters. The predicted molar refractivity (Wildman–Crippen MR) is 125 cm³/mol. The van der Waals surface area contributed by atoms with E-state index in [9.17, 15) is 19.2 Å². The first kappa shape index (κ1) is 24.0. The van der Waals surface area contributed by atoms with Crippen LogP contribution in [0.25, 0.3) is 6.08 Å². The number of aryl methyl sites for hydroxylation is 1. The minimum atomic E-state index is -0.476. The maximum Gasteiger partial charge on any atom is 0.330 e. The monoisotopic (exact) mass is 454 g/mol. The van der Waals surface area contributed by atoms with Gasteiger partial charge in [0, 0.05) is 45.0 Å². The number of carbonyl (C=O) groups excluding carboxylic acids is 2. The van der Waals surface area contributed by atoms with Gasteiger partial charge < -0.3 is 19.5 Å². The first-order valence-electron chi connectivity index (χ1n) is 11.1. The summed E-state index contributed by atoms with van der Waals surface area (Å²) >= 11 is 0. The second-order valence-corrected chi connectivity index (χ2v) is 8.06. The van der Waals surface area contributed by atoms with Gasteiger partial charge in [-0.3, -0.25) is 19.0 Å². The van der Waals surface area contributed by atoms with E-state index in [-0.39, 0.29) is 30.0 Å². The summed E-state index contributed by atoms with van der Waals surface area (Å²) in [6, 6.07) is 6.97. The van der Waals surface area contributed by atoms with Crippen LogP contribution in [0.5, 0.6) is 5.75 Å². The maximum absolute atomic E-state index is 12.6. The van der Waals surface area contributed by atoms with Gasteiger partial charge in [-0.05, 0) is 31.4 Å². The predicted octanol–water partition coefficient (Wildman–Crippen LogP) is 1.37. The van der Waals surface area contributed by atoms with Crippen molar-refractivity contribution in [2.75, 3.05) is 19.7 Å². The van der Waals surface area contributed by atoms with Gasteiger partial charge >= 0.3 is 5.69 Å². The summed E-state index contributed by atoms with van der Waals surface area (Å²) in [6.45, 7) is 3.42. The highest BCUT2D eigenvalue weighted by molar-refractivity contribution is 5.92. The van der Waals surface area contributed by atoms with Crippen molar-refractivity contribution in [3.8, 4) is 5.75 Å². The summed E-state index contributed by atoms with van der Waals surface area (Å²) < 4.78 is 8.09. The lowest BCUT2D eigenvalue weighted by atomic mass is 10.0. The summed E-state index contributed by atoms with van der Waals surface area (Å²) in [6.07, 6.45) is 6.69. The second kappa shape index (κ2) is 10.8. The number of hydrogen-bond donors (Lipinski definition) is 1. The van der Waals surface area contributed by atoms with Gasteiger partial charge in [0.1, 0.15) is 5.75 Å². The molecule has 1 N–H and O–H groups in total. The second-order valence-electron chi connectivity index (χ2n) is 8.06. The summed E-state index contributed by atoms with van der Waals surface area (Å²) in [5.74, 6) is 0.120. The van der Waals surface area contributed by atoms with Crippen molar-refractivity contribution in [2.24, 2.45) is 14.1 Å². The molecule has 176 valence electrons. The molecule has 1 aromatic carbocycles. The SMILES string of the molecule is CCC(NC(=O)C=Cc1cn(C)c(=O)n(C)c1=O)c1ccccc1OCC(=O)N1CCCC1. The Labute approximate surface area is 192 Å². The van der Waals surface area contributed by atoms with Gasteiger partial charge in [0.15, 0.2) is 6.61 Å². The lowest BCUT2D eigenvalue weighted by Gasteiger charge is -2.21. The Morgan fingerprint density at radius 2 is 1.85 bits per heavy atom. The minimum absolute atomic E-state index is 0.0406. The Kier molecular flexibility index (Phi) is 7.87. The van der Waals surface area contributed by atoms with Crippen molar-refractivity contribution >= 4 is 17.9 Å². The van der Waals surface area contributed by atoms with E-state index in [0.29, 0.717) is 12.2 Å². The highest BCUT2D eigenvalue weighted by atomic mass is 16.5. The molecule has 2 heterocycles. The number of likely N-dealkylation sites (tertiary alicyclic amines) is 1. The van der Waals surface area contributed by atoms with Gasteiger partial charge in [-0.25, -0.2) is 4.79 Å². The topological polar surface area (TPSA) is 103 Å². The summed E-state index contributed by atoms with van der Waals surface area (Å²) in [5.41, 5.74) is 0.0871. The Bertz CT molecular complexity index is 1160. The molecule has 0 radical (unpaired) electrons. The van der Waals surface area contributed by atoms with E-state index in [4.69, 9.17) is 4.74 Å². The average molecular weight is 455 g/mol. The van der Waals surface area contributed by atoms with Crippen LogP contribution in [-0.2, 0) is 23.7 Å². The lowest BCUT2D eigenvalue weighted by molar-refractivity contribution is -0.132. The summed E-state index contributed by atoms with van der Waals surface area (Å²) in [7, 11) is 2.93. The lowest BCUT2D eigenvalue weighted by Crippen LogP contribution is -2.37. The van der Waals surface area contributed by atoms with Crippen molar-refractivity contribution in [1.29, 1.82) is 0 Å². The fourth-order valence-electron chi connectivity index (χ4n) is 3.83. The van der Waals surface area contributed by atoms with Crippen molar-refractivity contribution in [2.45, 2.75) is 32.2 Å². The number of aromatic nitrogens is 2. The van der Waals surface area contributed by atoms with Gasteiger partial charge in [-0.15, -0.1) is 0 Å². The summed E-state index contributed by atoms with van der Waals surface area (Å²) in [4.78, 5) is 50.8. The van der Waals surface area contributed by atoms with E-state index >= 15 is 0 Å². The molecule has 1 fully saturated rings. The fraction of sp³-hybridized carbons (Fsp3) is 0.417. The molecule has 0 bridgehead atoms. The van der Waals surface area contributed by atoms with Gasteiger partial charge in [0.25, 0.3) is 11.5 Å². The Hall–Kier alpha value is -3.62. The molecular weight excluding hydrogens is 424 g/mol. The summed E-state index contributed by atoms with van der Waals surface area (Å²) in [5, 5.41) is 2.92. The molecule has 0 saturated carbocycles. The molecule has 9 nitrogen and oxygen atoms in total. The molecule has 3 rings (SSSR count). The van der Waals surface area contributed by atoms with Crippen LogP contribution in [0.15, 0.2) is 46.1 Å². The van der Waals surface area contributed by atoms with Crippen molar-refractivity contribution in [3.63, 3.8) is 0 Å². The Morgan fingerprint density at radius 3 is 2.55 bits per heavy atom. The zero-order chi connectivity index (χ0) is 24.0. The van der Waals surface area contributed by atoms with Gasteiger partial charge in [-0.2, -0.15) is 0 Å². The largest absolute Gasteiger partial charge is 0.483 e. The molecule has 1 saturated heterocycles. The van der Waals surface area contributed by atoms with Gasteiger partial charge in [-0.1, -0.05) is 25.1 Å². The van der Waals surface area contributed by atoms with Crippen LogP contribution in [0.1, 0.15) is 43.4 Å². The van der Waals surface area contributed by atoms with E-state index in [1.807, 2.05) is 25.1 Å². The molecule has 2 aromatic rings. The molecule has 2 amide bonds. The third-order valence-corrected chi connectivity index (χ3v) is 5.72. The van der Waals surface area contributed by atoms with E-state index in [1.54, 1.807) is 11.0 Å². The first-order chi connectivity index (χ1) is 15.8. The van der Waals surface area contributed by atoms with Gasteiger partial charge in [0.2, 0.25) is 5.91 Å². The third-order valence-electron chi connectivity index (χ3n) is 5.72. The van der Waals surface area contributed by atoms with E-state index in [0.717, 1.165) is 36.1 Å². The van der Waals surface area contributed by atoms with Crippen LogP contribution >= 0.6 is 0 Å². The molecule has 33 heavy (non-hydrogen) atoms. The van der Waals surface area contributed by atoms with E-state index in [2.05, 4.69) is 5.32 Å². The number of nitrogens with one attached hydrogen (secondary N) is 1. The number of benzene rings is 1. The van der Waals surface area contributed by atoms with Crippen molar-refractivity contribution in [3.05, 3.63) is 68.5 Å². The van der Waals surface area contributed by atoms with Crippen LogP contribution in [0.2, 0.25) is 0 Å². The number of rotatable bonds is 8. The minimum Gasteiger partial charge on any atom is -0.483 e. The molecule has 0 aliphatic carbocycles. The first-order valence-corrected chi connectivity index (χ1v) is 11.1. The molecule has 1 aliphatic rings. The van der Waals surface area contributed by atoms with E-state index in [1.165, 1.54) is 37.0 Å². The van der Waals surface area contributed by atoms with Crippen LogP contribution in [0, 0.1) is 0 Å². The fourth-order valence-corrected chi connectivity index (χ4v) is 3.83. The quantitative estimate of drug-likeness (QED) is 0.607. The van der Waals surface area contributed by atoms with Crippen molar-refractivity contribution in [1.82, 2.24) is 19.4 Å². The van der Waals surface area contributed by atoms with Crippen molar-refractivity contribution < 1.29 is 14.3 Å². The highest BCUT2D eigenvalue weighted by Crippen LogP contribution is 2.27. The Balaban J connectivity index is 1.70. The maximum atomic E-state index is 12.6. The molecule has 9 heteroatoms. The zero-order valence-electron chi connectivity index (χ0n) is 19.2. The number of hydrogen-bond acceptors (Lipinski definition) is 5.